The summed E-state index contributed by atoms with van der Waals surface area (Å²) in [5.41, 5.74) is 2.73. The molecule has 186 valence electrons. The van der Waals surface area contributed by atoms with Gasteiger partial charge in [0.2, 0.25) is 0 Å². The molecule has 0 radical (unpaired) electrons. The smallest absolute Gasteiger partial charge is 0.293 e. The van der Waals surface area contributed by atoms with Crippen LogP contribution in [-0.2, 0) is 17.8 Å². The Labute approximate surface area is 232 Å². The fourth-order valence-electron chi connectivity index (χ4n) is 3.64. The van der Waals surface area contributed by atoms with Crippen molar-refractivity contribution in [3.8, 4) is 11.5 Å². The maximum atomic E-state index is 12.9. The van der Waals surface area contributed by atoms with Gasteiger partial charge < -0.3 is 9.47 Å². The molecule has 4 rings (SSSR count). The molecule has 2 amide bonds. The molecule has 36 heavy (non-hydrogen) atoms. The Balaban J connectivity index is 1.45. The molecule has 0 saturated carbocycles. The summed E-state index contributed by atoms with van der Waals surface area (Å²) in [4.78, 5) is 27.1. The number of rotatable bonds is 9. The summed E-state index contributed by atoms with van der Waals surface area (Å²) in [7, 11) is 1.54. The van der Waals surface area contributed by atoms with Crippen molar-refractivity contribution in [1.82, 2.24) is 4.90 Å². The SMILES string of the molecule is COc1cc(/C=C2/SC(=O)N(CCCc3ccccc3)C2=O)c(Br)cc1OCc1ccc(Cl)c(Cl)c1. The molecule has 0 aromatic heterocycles. The number of halogens is 3. The van der Waals surface area contributed by atoms with Crippen molar-refractivity contribution in [3.05, 3.63) is 96.8 Å². The highest BCUT2D eigenvalue weighted by molar-refractivity contribution is 9.10. The van der Waals surface area contributed by atoms with E-state index in [1.807, 2.05) is 36.4 Å². The summed E-state index contributed by atoms with van der Waals surface area (Å²) >= 11 is 16.6. The van der Waals surface area contributed by atoms with E-state index < -0.39 is 0 Å². The minimum absolute atomic E-state index is 0.260. The number of imide groups is 1. The van der Waals surface area contributed by atoms with E-state index in [0.29, 0.717) is 49.5 Å². The van der Waals surface area contributed by atoms with Crippen LogP contribution in [-0.4, -0.2) is 29.7 Å². The first-order valence-electron chi connectivity index (χ1n) is 11.1. The summed E-state index contributed by atoms with van der Waals surface area (Å²) in [5.74, 6) is 0.720. The average molecular weight is 607 g/mol. The Kier molecular flexibility index (Phi) is 9.01. The third-order valence-electron chi connectivity index (χ3n) is 5.51. The molecule has 1 aliphatic heterocycles. The van der Waals surface area contributed by atoms with Gasteiger partial charge in [-0.15, -0.1) is 0 Å². The number of carbonyl (C=O) groups excluding carboxylic acids is 2. The Hall–Kier alpha value is -2.45. The zero-order valence-corrected chi connectivity index (χ0v) is 23.2. The molecule has 3 aromatic carbocycles. The van der Waals surface area contributed by atoms with Crippen LogP contribution in [0.15, 0.2) is 70.0 Å². The molecule has 5 nitrogen and oxygen atoms in total. The second-order valence-electron chi connectivity index (χ2n) is 7.98. The van der Waals surface area contributed by atoms with Crippen molar-refractivity contribution in [3.63, 3.8) is 0 Å². The van der Waals surface area contributed by atoms with Gasteiger partial charge in [0.25, 0.3) is 11.1 Å². The molecule has 0 spiro atoms. The van der Waals surface area contributed by atoms with Crippen LogP contribution in [0.3, 0.4) is 0 Å². The van der Waals surface area contributed by atoms with Crippen molar-refractivity contribution < 1.29 is 19.1 Å². The summed E-state index contributed by atoms with van der Waals surface area (Å²) in [6.07, 6.45) is 3.20. The van der Waals surface area contributed by atoms with Gasteiger partial charge in [-0.1, -0.05) is 75.5 Å². The first-order chi connectivity index (χ1) is 17.4. The number of hydrogen-bond donors (Lipinski definition) is 0. The predicted molar refractivity (Wildman–Crippen MR) is 149 cm³/mol. The van der Waals surface area contributed by atoms with E-state index in [-0.39, 0.29) is 17.8 Å². The van der Waals surface area contributed by atoms with Crippen LogP contribution in [0.4, 0.5) is 4.79 Å². The normalized spacial score (nSPS) is 14.6. The number of thioether (sulfide) groups is 1. The third kappa shape index (κ3) is 6.45. The number of aryl methyl sites for hydroxylation is 1. The van der Waals surface area contributed by atoms with Gasteiger partial charge in [-0.2, -0.15) is 0 Å². The summed E-state index contributed by atoms with van der Waals surface area (Å²) < 4.78 is 12.1. The lowest BCUT2D eigenvalue weighted by Crippen LogP contribution is -2.29. The molecular formula is C27H22BrCl2NO4S. The van der Waals surface area contributed by atoms with E-state index >= 15 is 0 Å². The van der Waals surface area contributed by atoms with Gasteiger partial charge in [-0.3, -0.25) is 14.5 Å². The minimum atomic E-state index is -0.288. The van der Waals surface area contributed by atoms with Gasteiger partial charge in [-0.25, -0.2) is 0 Å². The number of ether oxygens (including phenoxy) is 2. The van der Waals surface area contributed by atoms with Gasteiger partial charge in [0, 0.05) is 11.0 Å². The van der Waals surface area contributed by atoms with Crippen LogP contribution < -0.4 is 9.47 Å². The number of hydrogen-bond acceptors (Lipinski definition) is 5. The molecular weight excluding hydrogens is 585 g/mol. The zero-order chi connectivity index (χ0) is 25.7. The van der Waals surface area contributed by atoms with Crippen LogP contribution in [0, 0.1) is 0 Å². The maximum Gasteiger partial charge on any atom is 0.293 e. The number of carbonyl (C=O) groups is 2. The fourth-order valence-corrected chi connectivity index (χ4v) is 5.26. The standard InChI is InChI=1S/C27H22BrCl2NO4S/c1-34-23-13-19(20(28)15-24(23)35-16-18-9-10-21(29)22(30)12-18)14-25-26(32)31(27(33)36-25)11-5-8-17-6-3-2-4-7-17/h2-4,6-7,9-10,12-15H,5,8,11,16H2,1H3/b25-14+. The van der Waals surface area contributed by atoms with Gasteiger partial charge in [-0.05, 0) is 71.6 Å². The van der Waals surface area contributed by atoms with Gasteiger partial charge in [0.1, 0.15) is 6.61 Å². The second-order valence-corrected chi connectivity index (χ2v) is 10.6. The van der Waals surface area contributed by atoms with Crippen molar-refractivity contribution in [2.75, 3.05) is 13.7 Å². The first kappa shape index (κ1) is 26.6. The lowest BCUT2D eigenvalue weighted by atomic mass is 10.1. The van der Waals surface area contributed by atoms with Gasteiger partial charge in [0.15, 0.2) is 11.5 Å². The van der Waals surface area contributed by atoms with Gasteiger partial charge in [0.05, 0.1) is 22.1 Å². The summed E-state index contributed by atoms with van der Waals surface area (Å²) in [6, 6.07) is 18.8. The van der Waals surface area contributed by atoms with Crippen molar-refractivity contribution in [2.45, 2.75) is 19.4 Å². The van der Waals surface area contributed by atoms with E-state index in [9.17, 15) is 9.59 Å². The van der Waals surface area contributed by atoms with E-state index in [4.69, 9.17) is 32.7 Å². The lowest BCUT2D eigenvalue weighted by Gasteiger charge is -2.14. The zero-order valence-electron chi connectivity index (χ0n) is 19.3. The molecule has 1 fully saturated rings. The molecule has 1 saturated heterocycles. The fraction of sp³-hybridized carbons (Fsp3) is 0.185. The Morgan fingerprint density at radius 3 is 2.47 bits per heavy atom. The minimum Gasteiger partial charge on any atom is -0.493 e. The van der Waals surface area contributed by atoms with Crippen molar-refractivity contribution in [2.24, 2.45) is 0 Å². The van der Waals surface area contributed by atoms with Crippen LogP contribution in [0.2, 0.25) is 10.0 Å². The molecule has 0 bridgehead atoms. The second kappa shape index (κ2) is 12.2. The topological polar surface area (TPSA) is 55.8 Å². The van der Waals surface area contributed by atoms with Crippen molar-refractivity contribution >= 4 is 68.1 Å². The molecule has 0 N–H and O–H groups in total. The number of benzene rings is 3. The quantitative estimate of drug-likeness (QED) is 0.231. The highest BCUT2D eigenvalue weighted by Crippen LogP contribution is 2.38. The van der Waals surface area contributed by atoms with Crippen LogP contribution in [0.25, 0.3) is 6.08 Å². The first-order valence-corrected chi connectivity index (χ1v) is 13.5. The molecule has 1 heterocycles. The molecule has 0 unspecified atom stereocenters. The highest BCUT2D eigenvalue weighted by Gasteiger charge is 2.34. The Morgan fingerprint density at radius 2 is 1.75 bits per heavy atom. The number of nitrogens with zero attached hydrogens (tertiary/aromatic N) is 1. The molecule has 0 aliphatic carbocycles. The summed E-state index contributed by atoms with van der Waals surface area (Å²) in [5, 5.41) is 0.671. The van der Waals surface area contributed by atoms with Crippen molar-refractivity contribution in [1.29, 1.82) is 0 Å². The predicted octanol–water partition coefficient (Wildman–Crippen LogP) is 8.01. The highest BCUT2D eigenvalue weighted by atomic mass is 79.9. The maximum absolute atomic E-state index is 12.9. The van der Waals surface area contributed by atoms with Crippen LogP contribution >= 0.6 is 50.9 Å². The van der Waals surface area contributed by atoms with Crippen LogP contribution in [0.1, 0.15) is 23.1 Å². The Morgan fingerprint density at radius 1 is 0.972 bits per heavy atom. The largest absolute Gasteiger partial charge is 0.493 e. The molecule has 1 aliphatic rings. The third-order valence-corrected chi connectivity index (χ3v) is 7.84. The monoisotopic (exact) mass is 605 g/mol. The average Bonchev–Trinajstić information content (AvgIpc) is 3.14. The number of amides is 2. The Bertz CT molecular complexity index is 1320. The number of methoxy groups -OCH3 is 1. The summed E-state index contributed by atoms with van der Waals surface area (Å²) in [6.45, 7) is 0.643. The van der Waals surface area contributed by atoms with Gasteiger partial charge >= 0.3 is 0 Å². The van der Waals surface area contributed by atoms with E-state index in [2.05, 4.69) is 15.9 Å². The van der Waals surface area contributed by atoms with E-state index in [1.54, 1.807) is 37.5 Å². The lowest BCUT2D eigenvalue weighted by molar-refractivity contribution is -0.122. The van der Waals surface area contributed by atoms with E-state index in [0.717, 1.165) is 23.7 Å². The van der Waals surface area contributed by atoms with Crippen LogP contribution in [0.5, 0.6) is 11.5 Å². The van der Waals surface area contributed by atoms with E-state index in [1.165, 1.54) is 10.5 Å². The molecule has 0 atom stereocenters. The molecule has 9 heteroatoms. The molecule has 3 aromatic rings.